The fourth-order valence-corrected chi connectivity index (χ4v) is 4.50. The molecular weight excluding hydrogens is 424 g/mol. The lowest BCUT2D eigenvalue weighted by molar-refractivity contribution is 0.304. The highest BCUT2D eigenvalue weighted by molar-refractivity contribution is 7.17. The van der Waals surface area contributed by atoms with Crippen molar-refractivity contribution in [1.29, 1.82) is 0 Å². The predicted octanol–water partition coefficient (Wildman–Crippen LogP) is 8.83. The largest absolute Gasteiger partial charge is 0.494 e. The summed E-state index contributed by atoms with van der Waals surface area (Å²) < 4.78 is 5.91. The summed E-state index contributed by atoms with van der Waals surface area (Å²) in [5.41, 5.74) is 2.09. The van der Waals surface area contributed by atoms with Gasteiger partial charge in [0.05, 0.1) is 6.61 Å². The number of benzene rings is 2. The molecule has 0 saturated heterocycles. The summed E-state index contributed by atoms with van der Waals surface area (Å²) in [6.45, 7) is 3.06. The van der Waals surface area contributed by atoms with Crippen LogP contribution in [0.5, 0.6) is 5.75 Å². The van der Waals surface area contributed by atoms with Gasteiger partial charge in [0.2, 0.25) is 0 Å². The summed E-state index contributed by atoms with van der Waals surface area (Å²) in [7, 11) is 0. The number of hydrogen-bond acceptors (Lipinski definition) is 4. The van der Waals surface area contributed by atoms with Gasteiger partial charge in [0, 0.05) is 16.1 Å². The van der Waals surface area contributed by atoms with Crippen LogP contribution >= 0.6 is 22.9 Å². The monoisotopic (exact) mass is 456 g/mol. The molecule has 3 nitrogen and oxygen atoms in total. The second-order valence-corrected chi connectivity index (χ2v) is 9.39. The Morgan fingerprint density at radius 1 is 0.677 bits per heavy atom. The van der Waals surface area contributed by atoms with E-state index in [1.54, 1.807) is 11.3 Å². The molecule has 0 spiro atoms. The van der Waals surface area contributed by atoms with E-state index in [1.807, 2.05) is 36.4 Å². The van der Waals surface area contributed by atoms with Crippen molar-refractivity contribution in [2.45, 2.75) is 71.1 Å². The molecule has 0 radical (unpaired) electrons. The fraction of sp³-hybridized carbons (Fsp3) is 0.462. The smallest absolute Gasteiger partial charge is 0.148 e. The third-order valence-electron chi connectivity index (χ3n) is 5.38. The van der Waals surface area contributed by atoms with Crippen LogP contribution in [0.3, 0.4) is 0 Å². The average Bonchev–Trinajstić information content (AvgIpc) is 3.29. The fourth-order valence-electron chi connectivity index (χ4n) is 3.52. The van der Waals surface area contributed by atoms with Gasteiger partial charge in [0.15, 0.2) is 0 Å². The summed E-state index contributed by atoms with van der Waals surface area (Å²) in [6, 6.07) is 15.8. The molecule has 0 fully saturated rings. The van der Waals surface area contributed by atoms with Gasteiger partial charge in [-0.1, -0.05) is 99.8 Å². The predicted molar refractivity (Wildman–Crippen MR) is 133 cm³/mol. The number of unbranched alkanes of at least 4 members (excludes halogenated alkanes) is 9. The van der Waals surface area contributed by atoms with Gasteiger partial charge in [0.1, 0.15) is 15.8 Å². The van der Waals surface area contributed by atoms with E-state index < -0.39 is 0 Å². The highest BCUT2D eigenvalue weighted by Gasteiger charge is 2.09. The van der Waals surface area contributed by atoms with Gasteiger partial charge in [-0.15, -0.1) is 10.2 Å². The first-order chi connectivity index (χ1) is 15.3. The molecular formula is C26H33ClN2OS. The minimum absolute atomic E-state index is 0.724. The van der Waals surface area contributed by atoms with Gasteiger partial charge < -0.3 is 4.74 Å². The van der Waals surface area contributed by atoms with Gasteiger partial charge >= 0.3 is 0 Å². The minimum Gasteiger partial charge on any atom is -0.494 e. The number of nitrogens with zero attached hydrogens (tertiary/aromatic N) is 2. The van der Waals surface area contributed by atoms with E-state index in [9.17, 15) is 0 Å². The van der Waals surface area contributed by atoms with Gasteiger partial charge in [-0.2, -0.15) is 0 Å². The molecule has 0 aliphatic heterocycles. The topological polar surface area (TPSA) is 35.0 Å². The summed E-state index contributed by atoms with van der Waals surface area (Å²) >= 11 is 7.54. The maximum atomic E-state index is 5.96. The Hall–Kier alpha value is -1.91. The molecule has 3 aromatic rings. The van der Waals surface area contributed by atoms with Gasteiger partial charge in [-0.05, 0) is 42.8 Å². The van der Waals surface area contributed by atoms with Crippen LogP contribution in [-0.4, -0.2) is 16.8 Å². The Bertz CT molecular complexity index is 877. The number of ether oxygens (including phenoxy) is 1. The van der Waals surface area contributed by atoms with Crippen LogP contribution < -0.4 is 4.74 Å². The van der Waals surface area contributed by atoms with E-state index in [2.05, 4.69) is 29.3 Å². The molecule has 1 aromatic heterocycles. The van der Waals surface area contributed by atoms with E-state index in [1.165, 1.54) is 57.8 Å². The minimum atomic E-state index is 0.724. The molecule has 0 atom stereocenters. The van der Waals surface area contributed by atoms with Crippen LogP contribution in [-0.2, 0) is 0 Å². The lowest BCUT2D eigenvalue weighted by atomic mass is 10.1. The van der Waals surface area contributed by atoms with E-state index >= 15 is 0 Å². The average molecular weight is 457 g/mol. The SMILES string of the molecule is CCCCCCCCCCCCOc1ccc(-c2nnc(-c3ccc(Cl)cc3)s2)cc1. The van der Waals surface area contributed by atoms with Crippen LogP contribution in [0.4, 0.5) is 0 Å². The lowest BCUT2D eigenvalue weighted by Gasteiger charge is -2.07. The van der Waals surface area contributed by atoms with Crippen LogP contribution in [0.25, 0.3) is 21.1 Å². The van der Waals surface area contributed by atoms with E-state index in [0.29, 0.717) is 0 Å². The number of halogens is 1. The van der Waals surface area contributed by atoms with Crippen molar-refractivity contribution in [3.05, 3.63) is 53.6 Å². The molecule has 0 aliphatic carbocycles. The first-order valence-electron chi connectivity index (χ1n) is 11.6. The lowest BCUT2D eigenvalue weighted by Crippen LogP contribution is -1.97. The quantitative estimate of drug-likeness (QED) is 0.227. The number of aromatic nitrogens is 2. The van der Waals surface area contributed by atoms with Crippen LogP contribution in [0.15, 0.2) is 48.5 Å². The Morgan fingerprint density at radius 2 is 1.16 bits per heavy atom. The second kappa shape index (κ2) is 13.5. The standard InChI is InChI=1S/C26H33ClN2OS/c1-2-3-4-5-6-7-8-9-10-11-20-30-24-18-14-22(15-19-24)26-29-28-25(31-26)21-12-16-23(27)17-13-21/h12-19H,2-11,20H2,1H3. The van der Waals surface area contributed by atoms with E-state index in [-0.39, 0.29) is 0 Å². The maximum Gasteiger partial charge on any atom is 0.148 e. The zero-order valence-electron chi connectivity index (χ0n) is 18.5. The van der Waals surface area contributed by atoms with Crippen molar-refractivity contribution in [1.82, 2.24) is 10.2 Å². The normalized spacial score (nSPS) is 11.0. The zero-order chi connectivity index (χ0) is 21.7. The molecule has 0 N–H and O–H groups in total. The number of rotatable bonds is 14. The van der Waals surface area contributed by atoms with E-state index in [4.69, 9.17) is 16.3 Å². The number of hydrogen-bond donors (Lipinski definition) is 0. The summed E-state index contributed by atoms with van der Waals surface area (Å²) in [5, 5.41) is 11.2. The zero-order valence-corrected chi connectivity index (χ0v) is 20.1. The van der Waals surface area contributed by atoms with Crippen molar-refractivity contribution >= 4 is 22.9 Å². The molecule has 166 valence electrons. The molecule has 2 aromatic carbocycles. The van der Waals surface area contributed by atoms with Crippen molar-refractivity contribution in [3.8, 4) is 26.9 Å². The van der Waals surface area contributed by atoms with Gasteiger partial charge in [0.25, 0.3) is 0 Å². The molecule has 5 heteroatoms. The maximum absolute atomic E-state index is 5.96. The van der Waals surface area contributed by atoms with E-state index in [0.717, 1.165) is 44.9 Å². The molecule has 31 heavy (non-hydrogen) atoms. The molecule has 0 bridgehead atoms. The first-order valence-corrected chi connectivity index (χ1v) is 12.8. The Labute approximate surface area is 195 Å². The van der Waals surface area contributed by atoms with Crippen LogP contribution in [0.2, 0.25) is 5.02 Å². The van der Waals surface area contributed by atoms with Crippen molar-refractivity contribution in [2.24, 2.45) is 0 Å². The molecule has 0 unspecified atom stereocenters. The first kappa shape index (κ1) is 23.7. The summed E-state index contributed by atoms with van der Waals surface area (Å²) in [6.07, 6.45) is 13.4. The van der Waals surface area contributed by atoms with Gasteiger partial charge in [-0.25, -0.2) is 0 Å². The highest BCUT2D eigenvalue weighted by Crippen LogP contribution is 2.31. The van der Waals surface area contributed by atoms with Crippen LogP contribution in [0, 0.1) is 0 Å². The summed E-state index contributed by atoms with van der Waals surface area (Å²) in [5.74, 6) is 0.919. The molecule has 0 saturated carbocycles. The highest BCUT2D eigenvalue weighted by atomic mass is 35.5. The molecule has 3 rings (SSSR count). The second-order valence-electron chi connectivity index (χ2n) is 7.97. The van der Waals surface area contributed by atoms with Gasteiger partial charge in [-0.3, -0.25) is 0 Å². The van der Waals surface area contributed by atoms with Crippen molar-refractivity contribution < 1.29 is 4.74 Å². The molecule has 1 heterocycles. The third kappa shape index (κ3) is 8.27. The molecule has 0 amide bonds. The Balaban J connectivity index is 1.34. The Kier molecular flexibility index (Phi) is 10.3. The van der Waals surface area contributed by atoms with Crippen LogP contribution in [0.1, 0.15) is 71.1 Å². The van der Waals surface area contributed by atoms with Crippen molar-refractivity contribution in [3.63, 3.8) is 0 Å². The van der Waals surface area contributed by atoms with Crippen molar-refractivity contribution in [2.75, 3.05) is 6.61 Å². The third-order valence-corrected chi connectivity index (χ3v) is 6.66. The summed E-state index contributed by atoms with van der Waals surface area (Å²) in [4.78, 5) is 0. The Morgan fingerprint density at radius 3 is 1.71 bits per heavy atom. The molecule has 0 aliphatic rings.